The minimum atomic E-state index is 0.128. The summed E-state index contributed by atoms with van der Waals surface area (Å²) < 4.78 is 5.11. The highest BCUT2D eigenvalue weighted by atomic mass is 16.5. The SMILES string of the molecule is CCNC(=NCC(C)(C)N1CCCCC1)NCCCN(C)CCOC. The normalized spacial score (nSPS) is 17.1. The van der Waals surface area contributed by atoms with Crippen molar-refractivity contribution in [3.05, 3.63) is 0 Å². The molecule has 0 bridgehead atoms. The minimum Gasteiger partial charge on any atom is -0.383 e. The molecule has 148 valence electrons. The highest BCUT2D eigenvalue weighted by Crippen LogP contribution is 2.20. The van der Waals surface area contributed by atoms with Crippen molar-refractivity contribution in [1.82, 2.24) is 20.4 Å². The fraction of sp³-hybridized carbons (Fsp3) is 0.947. The van der Waals surface area contributed by atoms with Gasteiger partial charge in [-0.2, -0.15) is 0 Å². The zero-order valence-electron chi connectivity index (χ0n) is 17.2. The van der Waals surface area contributed by atoms with E-state index < -0.39 is 0 Å². The van der Waals surface area contributed by atoms with Crippen molar-refractivity contribution in [1.29, 1.82) is 0 Å². The number of likely N-dealkylation sites (N-methyl/N-ethyl adjacent to an activating group) is 1. The molecule has 1 aliphatic heterocycles. The molecule has 0 aromatic carbocycles. The van der Waals surface area contributed by atoms with Crippen LogP contribution in [0, 0.1) is 0 Å². The van der Waals surface area contributed by atoms with Crippen LogP contribution >= 0.6 is 0 Å². The summed E-state index contributed by atoms with van der Waals surface area (Å²) in [7, 11) is 3.89. The Morgan fingerprint density at radius 1 is 1.16 bits per heavy atom. The second kappa shape index (κ2) is 12.5. The van der Waals surface area contributed by atoms with Gasteiger partial charge in [-0.1, -0.05) is 6.42 Å². The lowest BCUT2D eigenvalue weighted by atomic mass is 9.99. The Morgan fingerprint density at radius 3 is 2.52 bits per heavy atom. The first-order chi connectivity index (χ1) is 12.0. The molecule has 1 aliphatic rings. The molecule has 0 spiro atoms. The average molecular weight is 356 g/mol. The minimum absolute atomic E-state index is 0.128. The van der Waals surface area contributed by atoms with Crippen LogP contribution < -0.4 is 10.6 Å². The van der Waals surface area contributed by atoms with Gasteiger partial charge < -0.3 is 20.3 Å². The van der Waals surface area contributed by atoms with Crippen LogP contribution in [0.25, 0.3) is 0 Å². The second-order valence-corrected chi connectivity index (χ2v) is 7.63. The number of aliphatic imine (C=N–C) groups is 1. The van der Waals surface area contributed by atoms with E-state index in [0.29, 0.717) is 0 Å². The first-order valence-corrected chi connectivity index (χ1v) is 9.94. The van der Waals surface area contributed by atoms with Gasteiger partial charge in [-0.05, 0) is 66.7 Å². The number of guanidine groups is 1. The van der Waals surface area contributed by atoms with Gasteiger partial charge in [0, 0.05) is 32.3 Å². The highest BCUT2D eigenvalue weighted by molar-refractivity contribution is 5.79. The standard InChI is InChI=1S/C19H41N5O/c1-6-20-18(21-11-10-12-23(4)15-16-25-5)22-17-19(2,3)24-13-8-7-9-14-24/h6-17H2,1-5H3,(H2,20,21,22). The third-order valence-electron chi connectivity index (χ3n) is 4.87. The van der Waals surface area contributed by atoms with Crippen molar-refractivity contribution < 1.29 is 4.74 Å². The second-order valence-electron chi connectivity index (χ2n) is 7.63. The number of likely N-dealkylation sites (tertiary alicyclic amines) is 1. The summed E-state index contributed by atoms with van der Waals surface area (Å²) in [5.41, 5.74) is 0.128. The van der Waals surface area contributed by atoms with E-state index in [1.807, 2.05) is 0 Å². The molecule has 0 atom stereocenters. The number of hydrogen-bond acceptors (Lipinski definition) is 4. The first kappa shape index (κ1) is 22.2. The smallest absolute Gasteiger partial charge is 0.191 e. The molecule has 0 unspecified atom stereocenters. The number of ether oxygens (including phenoxy) is 1. The maximum Gasteiger partial charge on any atom is 0.191 e. The highest BCUT2D eigenvalue weighted by Gasteiger charge is 2.27. The quantitative estimate of drug-likeness (QED) is 0.336. The fourth-order valence-corrected chi connectivity index (χ4v) is 3.13. The van der Waals surface area contributed by atoms with Crippen molar-refractivity contribution in [2.45, 2.75) is 52.0 Å². The Hall–Kier alpha value is -0.850. The number of nitrogens with one attached hydrogen (secondary N) is 2. The first-order valence-electron chi connectivity index (χ1n) is 9.94. The Labute approximate surface area is 155 Å². The van der Waals surface area contributed by atoms with Crippen LogP contribution in [0.2, 0.25) is 0 Å². The molecule has 1 rings (SSSR count). The Kier molecular flexibility index (Phi) is 11.1. The topological polar surface area (TPSA) is 52.1 Å². The molecule has 0 saturated carbocycles. The summed E-state index contributed by atoms with van der Waals surface area (Å²) in [6, 6.07) is 0. The van der Waals surface area contributed by atoms with Crippen LogP contribution in [-0.4, -0.2) is 87.9 Å². The molecule has 25 heavy (non-hydrogen) atoms. The van der Waals surface area contributed by atoms with E-state index >= 15 is 0 Å². The molecule has 1 saturated heterocycles. The maximum absolute atomic E-state index is 5.11. The summed E-state index contributed by atoms with van der Waals surface area (Å²) in [6.45, 7) is 14.7. The van der Waals surface area contributed by atoms with E-state index in [2.05, 4.69) is 48.3 Å². The van der Waals surface area contributed by atoms with E-state index in [-0.39, 0.29) is 5.54 Å². The number of nitrogens with zero attached hydrogens (tertiary/aromatic N) is 3. The van der Waals surface area contributed by atoms with E-state index in [9.17, 15) is 0 Å². The number of methoxy groups -OCH3 is 1. The van der Waals surface area contributed by atoms with Crippen molar-refractivity contribution in [3.8, 4) is 0 Å². The predicted octanol–water partition coefficient (Wildman–Crippen LogP) is 1.77. The number of rotatable bonds is 11. The van der Waals surface area contributed by atoms with E-state index in [1.165, 1.54) is 32.4 Å². The summed E-state index contributed by atoms with van der Waals surface area (Å²) in [5.74, 6) is 0.937. The lowest BCUT2D eigenvalue weighted by Crippen LogP contribution is -2.49. The predicted molar refractivity (Wildman–Crippen MR) is 107 cm³/mol. The van der Waals surface area contributed by atoms with E-state index in [4.69, 9.17) is 9.73 Å². The zero-order chi connectivity index (χ0) is 18.5. The van der Waals surface area contributed by atoms with E-state index in [1.54, 1.807) is 7.11 Å². The molecule has 6 heteroatoms. The maximum atomic E-state index is 5.11. The molecule has 0 radical (unpaired) electrons. The summed E-state index contributed by atoms with van der Waals surface area (Å²) >= 11 is 0. The molecule has 6 nitrogen and oxygen atoms in total. The lowest BCUT2D eigenvalue weighted by molar-refractivity contribution is 0.102. The van der Waals surface area contributed by atoms with Crippen LogP contribution in [0.3, 0.4) is 0 Å². The zero-order valence-corrected chi connectivity index (χ0v) is 17.2. The number of piperidine rings is 1. The fourth-order valence-electron chi connectivity index (χ4n) is 3.13. The van der Waals surface area contributed by atoms with Crippen molar-refractivity contribution in [3.63, 3.8) is 0 Å². The molecule has 0 aromatic rings. The molecule has 2 N–H and O–H groups in total. The number of hydrogen-bond donors (Lipinski definition) is 2. The summed E-state index contributed by atoms with van der Waals surface area (Å²) in [5, 5.41) is 6.84. The van der Waals surface area contributed by atoms with Gasteiger partial charge in [0.25, 0.3) is 0 Å². The third-order valence-corrected chi connectivity index (χ3v) is 4.87. The van der Waals surface area contributed by atoms with Gasteiger partial charge in [-0.3, -0.25) is 9.89 Å². The van der Waals surface area contributed by atoms with Gasteiger partial charge in [0.05, 0.1) is 13.2 Å². The van der Waals surface area contributed by atoms with Crippen molar-refractivity contribution in [2.75, 3.05) is 66.6 Å². The molecular formula is C19H41N5O. The van der Waals surface area contributed by atoms with Gasteiger partial charge in [0.2, 0.25) is 0 Å². The van der Waals surface area contributed by atoms with E-state index in [0.717, 1.165) is 51.7 Å². The monoisotopic (exact) mass is 355 g/mol. The summed E-state index contributed by atoms with van der Waals surface area (Å²) in [6.07, 6.45) is 5.11. The third kappa shape index (κ3) is 9.42. The molecular weight excluding hydrogens is 314 g/mol. The van der Waals surface area contributed by atoms with Crippen LogP contribution in [-0.2, 0) is 4.74 Å². The summed E-state index contributed by atoms with van der Waals surface area (Å²) in [4.78, 5) is 9.74. The van der Waals surface area contributed by atoms with Crippen molar-refractivity contribution >= 4 is 5.96 Å². The molecule has 0 aromatic heterocycles. The van der Waals surface area contributed by atoms with Crippen LogP contribution in [0.4, 0.5) is 0 Å². The molecule has 0 aliphatic carbocycles. The van der Waals surface area contributed by atoms with Crippen LogP contribution in [0.15, 0.2) is 4.99 Å². The Balaban J connectivity index is 2.37. The van der Waals surface area contributed by atoms with Gasteiger partial charge in [0.1, 0.15) is 0 Å². The lowest BCUT2D eigenvalue weighted by Gasteiger charge is -2.40. The molecule has 0 amide bonds. The average Bonchev–Trinajstić information content (AvgIpc) is 2.62. The van der Waals surface area contributed by atoms with Crippen molar-refractivity contribution in [2.24, 2.45) is 4.99 Å². The Bertz CT molecular complexity index is 367. The van der Waals surface area contributed by atoms with Crippen LogP contribution in [0.1, 0.15) is 46.5 Å². The van der Waals surface area contributed by atoms with Gasteiger partial charge in [0.15, 0.2) is 5.96 Å². The Morgan fingerprint density at radius 2 is 1.88 bits per heavy atom. The molecule has 1 fully saturated rings. The molecule has 1 heterocycles. The van der Waals surface area contributed by atoms with Gasteiger partial charge in [-0.15, -0.1) is 0 Å². The van der Waals surface area contributed by atoms with Crippen LogP contribution in [0.5, 0.6) is 0 Å². The van der Waals surface area contributed by atoms with Gasteiger partial charge >= 0.3 is 0 Å². The van der Waals surface area contributed by atoms with Gasteiger partial charge in [-0.25, -0.2) is 0 Å². The largest absolute Gasteiger partial charge is 0.383 e.